The van der Waals surface area contributed by atoms with Crippen LogP contribution in [0.1, 0.15) is 12.8 Å². The first-order chi connectivity index (χ1) is 9.24. The molecule has 0 aliphatic carbocycles. The standard InChI is InChI=1S/C12H18ClN5O/c13-10-11(14)16-7-17-12(10)15-4-9-5-18-3-1-2-8(18)6-19-9/h7-9H,1-6H2,(H3,14,15,16,17). The highest BCUT2D eigenvalue weighted by molar-refractivity contribution is 6.35. The van der Waals surface area contributed by atoms with Crippen LogP contribution in [-0.4, -0.2) is 53.3 Å². The van der Waals surface area contributed by atoms with Gasteiger partial charge in [0.25, 0.3) is 0 Å². The van der Waals surface area contributed by atoms with Gasteiger partial charge in [-0.15, -0.1) is 0 Å². The minimum Gasteiger partial charge on any atom is -0.382 e. The Labute approximate surface area is 117 Å². The summed E-state index contributed by atoms with van der Waals surface area (Å²) in [4.78, 5) is 10.4. The summed E-state index contributed by atoms with van der Waals surface area (Å²) in [6.07, 6.45) is 4.11. The fourth-order valence-corrected chi connectivity index (χ4v) is 2.89. The van der Waals surface area contributed by atoms with Crippen LogP contribution in [0.5, 0.6) is 0 Å². The first-order valence-corrected chi connectivity index (χ1v) is 6.97. The van der Waals surface area contributed by atoms with E-state index >= 15 is 0 Å². The molecule has 0 saturated carbocycles. The highest BCUT2D eigenvalue weighted by Crippen LogP contribution is 2.25. The number of morpholine rings is 1. The van der Waals surface area contributed by atoms with Crippen molar-refractivity contribution in [2.75, 3.05) is 37.3 Å². The summed E-state index contributed by atoms with van der Waals surface area (Å²) in [5.74, 6) is 0.865. The number of aromatic nitrogens is 2. The topological polar surface area (TPSA) is 76.3 Å². The molecule has 1 aromatic rings. The molecular formula is C12H18ClN5O. The normalized spacial score (nSPS) is 27.2. The van der Waals surface area contributed by atoms with E-state index in [4.69, 9.17) is 22.1 Å². The van der Waals surface area contributed by atoms with Gasteiger partial charge in [-0.05, 0) is 19.4 Å². The van der Waals surface area contributed by atoms with Crippen LogP contribution in [0.15, 0.2) is 6.33 Å². The maximum absolute atomic E-state index is 6.04. The van der Waals surface area contributed by atoms with E-state index < -0.39 is 0 Å². The average molecular weight is 284 g/mol. The summed E-state index contributed by atoms with van der Waals surface area (Å²) in [6.45, 7) is 3.66. The van der Waals surface area contributed by atoms with Gasteiger partial charge in [0.15, 0.2) is 5.82 Å². The Hall–Kier alpha value is -1.11. The second-order valence-corrected chi connectivity index (χ2v) is 5.43. The quantitative estimate of drug-likeness (QED) is 0.861. The van der Waals surface area contributed by atoms with Crippen molar-refractivity contribution in [2.24, 2.45) is 0 Å². The molecule has 7 heteroatoms. The van der Waals surface area contributed by atoms with Crippen molar-refractivity contribution in [3.05, 3.63) is 11.3 Å². The fourth-order valence-electron chi connectivity index (χ4n) is 2.73. The summed E-state index contributed by atoms with van der Waals surface area (Å²) < 4.78 is 5.86. The molecule has 2 unspecified atom stereocenters. The van der Waals surface area contributed by atoms with E-state index in [2.05, 4.69) is 20.2 Å². The van der Waals surface area contributed by atoms with E-state index in [1.807, 2.05) is 0 Å². The number of hydrogen-bond acceptors (Lipinski definition) is 6. The van der Waals surface area contributed by atoms with Gasteiger partial charge in [0.1, 0.15) is 17.2 Å². The zero-order chi connectivity index (χ0) is 13.2. The van der Waals surface area contributed by atoms with Crippen LogP contribution in [0.2, 0.25) is 5.02 Å². The van der Waals surface area contributed by atoms with Crippen molar-refractivity contribution in [3.8, 4) is 0 Å². The summed E-state index contributed by atoms with van der Waals surface area (Å²) >= 11 is 6.04. The number of hydrogen-bond donors (Lipinski definition) is 2. The molecule has 6 nitrogen and oxygen atoms in total. The van der Waals surface area contributed by atoms with Crippen molar-refractivity contribution in [2.45, 2.75) is 25.0 Å². The highest BCUT2D eigenvalue weighted by Gasteiger charge is 2.32. The monoisotopic (exact) mass is 283 g/mol. The van der Waals surface area contributed by atoms with Gasteiger partial charge in [0.05, 0.1) is 12.7 Å². The van der Waals surface area contributed by atoms with Crippen LogP contribution in [0.25, 0.3) is 0 Å². The second kappa shape index (κ2) is 5.48. The number of nitrogens with one attached hydrogen (secondary N) is 1. The van der Waals surface area contributed by atoms with Gasteiger partial charge in [-0.1, -0.05) is 11.6 Å². The number of fused-ring (bicyclic) bond motifs is 1. The Morgan fingerprint density at radius 2 is 2.42 bits per heavy atom. The fraction of sp³-hybridized carbons (Fsp3) is 0.667. The zero-order valence-corrected chi connectivity index (χ0v) is 11.4. The van der Waals surface area contributed by atoms with Gasteiger partial charge < -0.3 is 15.8 Å². The third-order valence-electron chi connectivity index (χ3n) is 3.78. The van der Waals surface area contributed by atoms with Gasteiger partial charge >= 0.3 is 0 Å². The van der Waals surface area contributed by atoms with Crippen LogP contribution >= 0.6 is 11.6 Å². The van der Waals surface area contributed by atoms with Gasteiger partial charge in [-0.25, -0.2) is 9.97 Å². The lowest BCUT2D eigenvalue weighted by molar-refractivity contribution is -0.0416. The van der Waals surface area contributed by atoms with Crippen LogP contribution in [0, 0.1) is 0 Å². The van der Waals surface area contributed by atoms with Crippen molar-refractivity contribution >= 4 is 23.2 Å². The minimum atomic E-state index is 0.168. The zero-order valence-electron chi connectivity index (χ0n) is 10.7. The Kier molecular flexibility index (Phi) is 3.72. The number of rotatable bonds is 3. The molecule has 0 aromatic carbocycles. The van der Waals surface area contributed by atoms with Crippen molar-refractivity contribution in [1.82, 2.24) is 14.9 Å². The van der Waals surface area contributed by atoms with Crippen molar-refractivity contribution in [3.63, 3.8) is 0 Å². The third kappa shape index (κ3) is 2.75. The number of anilines is 2. The van der Waals surface area contributed by atoms with E-state index in [-0.39, 0.29) is 6.10 Å². The van der Waals surface area contributed by atoms with Crippen LogP contribution < -0.4 is 11.1 Å². The molecule has 2 fully saturated rings. The predicted octanol–water partition coefficient (Wildman–Crippen LogP) is 0.987. The lowest BCUT2D eigenvalue weighted by Gasteiger charge is -2.35. The van der Waals surface area contributed by atoms with Gasteiger partial charge in [-0.2, -0.15) is 0 Å². The van der Waals surface area contributed by atoms with E-state index in [9.17, 15) is 0 Å². The van der Waals surface area contributed by atoms with Crippen LogP contribution in [-0.2, 0) is 4.74 Å². The molecule has 1 aromatic heterocycles. The maximum atomic E-state index is 6.04. The minimum absolute atomic E-state index is 0.168. The molecule has 2 aliphatic heterocycles. The molecule has 3 N–H and O–H groups in total. The number of halogens is 1. The second-order valence-electron chi connectivity index (χ2n) is 5.05. The lowest BCUT2D eigenvalue weighted by atomic mass is 10.2. The molecule has 2 atom stereocenters. The summed E-state index contributed by atoms with van der Waals surface area (Å²) in [5, 5.41) is 3.56. The molecule has 19 heavy (non-hydrogen) atoms. The highest BCUT2D eigenvalue weighted by atomic mass is 35.5. The molecule has 0 amide bonds. The number of nitrogen functional groups attached to an aromatic ring is 1. The molecule has 0 spiro atoms. The number of ether oxygens (including phenoxy) is 1. The van der Waals surface area contributed by atoms with E-state index in [1.165, 1.54) is 25.7 Å². The Balaban J connectivity index is 1.56. The van der Waals surface area contributed by atoms with E-state index in [0.717, 1.165) is 13.2 Å². The number of nitrogens with two attached hydrogens (primary N) is 1. The van der Waals surface area contributed by atoms with E-state index in [0.29, 0.717) is 29.2 Å². The molecule has 0 radical (unpaired) electrons. The summed E-state index contributed by atoms with van der Waals surface area (Å²) in [5.41, 5.74) is 5.64. The molecule has 0 bridgehead atoms. The molecule has 3 heterocycles. The lowest BCUT2D eigenvalue weighted by Crippen LogP contribution is -2.48. The van der Waals surface area contributed by atoms with Gasteiger partial charge in [0.2, 0.25) is 0 Å². The van der Waals surface area contributed by atoms with Gasteiger partial charge in [-0.3, -0.25) is 4.90 Å². The number of nitrogens with zero attached hydrogens (tertiary/aromatic N) is 3. The molecule has 2 saturated heterocycles. The third-order valence-corrected chi connectivity index (χ3v) is 4.15. The predicted molar refractivity (Wildman–Crippen MR) is 74.3 cm³/mol. The maximum Gasteiger partial charge on any atom is 0.150 e. The smallest absolute Gasteiger partial charge is 0.150 e. The van der Waals surface area contributed by atoms with Crippen LogP contribution in [0.3, 0.4) is 0 Å². The summed E-state index contributed by atoms with van der Waals surface area (Å²) in [7, 11) is 0. The Morgan fingerprint density at radius 3 is 3.32 bits per heavy atom. The van der Waals surface area contributed by atoms with Crippen LogP contribution in [0.4, 0.5) is 11.6 Å². The first kappa shape index (κ1) is 12.9. The van der Waals surface area contributed by atoms with E-state index in [1.54, 1.807) is 0 Å². The SMILES string of the molecule is Nc1ncnc(NCC2CN3CCCC3CO2)c1Cl. The summed E-state index contributed by atoms with van der Waals surface area (Å²) in [6, 6.07) is 0.620. The molecule has 104 valence electrons. The Morgan fingerprint density at radius 1 is 1.53 bits per heavy atom. The van der Waals surface area contributed by atoms with Crippen molar-refractivity contribution in [1.29, 1.82) is 0 Å². The average Bonchev–Trinajstić information content (AvgIpc) is 2.88. The van der Waals surface area contributed by atoms with Gasteiger partial charge in [0, 0.05) is 19.1 Å². The first-order valence-electron chi connectivity index (χ1n) is 6.59. The largest absolute Gasteiger partial charge is 0.382 e. The van der Waals surface area contributed by atoms with Crippen molar-refractivity contribution < 1.29 is 4.74 Å². The molecular weight excluding hydrogens is 266 g/mol. The molecule has 2 aliphatic rings. The molecule has 3 rings (SSSR count). The Bertz CT molecular complexity index is 458.